The van der Waals surface area contributed by atoms with Crippen LogP contribution in [0.2, 0.25) is 0 Å². The van der Waals surface area contributed by atoms with Gasteiger partial charge in [-0.25, -0.2) is 4.98 Å². The van der Waals surface area contributed by atoms with E-state index in [0.29, 0.717) is 6.54 Å². The summed E-state index contributed by atoms with van der Waals surface area (Å²) in [5.74, 6) is 0.802. The van der Waals surface area contributed by atoms with Crippen molar-refractivity contribution in [1.82, 2.24) is 20.2 Å². The van der Waals surface area contributed by atoms with E-state index in [9.17, 15) is 0 Å². The van der Waals surface area contributed by atoms with Crippen molar-refractivity contribution in [2.45, 2.75) is 32.4 Å². The van der Waals surface area contributed by atoms with Gasteiger partial charge in [0.15, 0.2) is 5.96 Å². The van der Waals surface area contributed by atoms with E-state index in [1.165, 1.54) is 0 Å². The predicted molar refractivity (Wildman–Crippen MR) is 77.3 cm³/mol. The van der Waals surface area contributed by atoms with Crippen LogP contribution < -0.4 is 10.6 Å². The number of nitrogens with one attached hydrogen (secondary N) is 2. The molecule has 0 aliphatic heterocycles. The average molecular weight is 267 g/mol. The highest BCUT2D eigenvalue weighted by Crippen LogP contribution is 2.04. The fraction of sp³-hybridized carbons (Fsp3) is 0.692. The molecule has 2 N–H and O–H groups in total. The zero-order chi connectivity index (χ0) is 14.1. The van der Waals surface area contributed by atoms with Crippen LogP contribution in [-0.4, -0.2) is 48.4 Å². The molecule has 0 spiro atoms. The van der Waals surface area contributed by atoms with Crippen LogP contribution >= 0.6 is 0 Å². The van der Waals surface area contributed by atoms with Crippen molar-refractivity contribution in [1.29, 1.82) is 0 Å². The van der Waals surface area contributed by atoms with Crippen LogP contribution in [-0.2, 0) is 11.3 Å². The Hall–Kier alpha value is -1.56. The monoisotopic (exact) mass is 267 g/mol. The number of aliphatic imine (C=N–C) groups is 1. The van der Waals surface area contributed by atoms with Gasteiger partial charge in [-0.2, -0.15) is 0 Å². The maximum absolute atomic E-state index is 5.35. The van der Waals surface area contributed by atoms with Crippen LogP contribution in [0.4, 0.5) is 0 Å². The third-order valence-electron chi connectivity index (χ3n) is 2.90. The van der Waals surface area contributed by atoms with E-state index in [4.69, 9.17) is 4.74 Å². The van der Waals surface area contributed by atoms with Crippen molar-refractivity contribution in [3.8, 4) is 0 Å². The van der Waals surface area contributed by atoms with Gasteiger partial charge in [0.1, 0.15) is 0 Å². The fourth-order valence-corrected chi connectivity index (χ4v) is 1.48. The first-order valence-corrected chi connectivity index (χ1v) is 6.53. The fourth-order valence-electron chi connectivity index (χ4n) is 1.48. The number of aromatic nitrogens is 2. The number of hydrogen-bond donors (Lipinski definition) is 2. The van der Waals surface area contributed by atoms with E-state index in [2.05, 4.69) is 25.2 Å². The van der Waals surface area contributed by atoms with Gasteiger partial charge in [0, 0.05) is 46.2 Å². The summed E-state index contributed by atoms with van der Waals surface area (Å²) in [7, 11) is 3.48. The Morgan fingerprint density at radius 1 is 1.42 bits per heavy atom. The number of methoxy groups -OCH3 is 1. The molecule has 0 aliphatic rings. The molecule has 0 aromatic carbocycles. The number of hydrogen-bond acceptors (Lipinski definition) is 3. The van der Waals surface area contributed by atoms with E-state index in [1.54, 1.807) is 20.4 Å². The highest BCUT2D eigenvalue weighted by molar-refractivity contribution is 5.79. The third-order valence-corrected chi connectivity index (χ3v) is 2.90. The van der Waals surface area contributed by atoms with Crippen LogP contribution in [0.5, 0.6) is 0 Å². The quantitative estimate of drug-likeness (QED) is 0.437. The molecule has 1 heterocycles. The first-order valence-electron chi connectivity index (χ1n) is 6.53. The third kappa shape index (κ3) is 6.24. The number of nitrogens with zero attached hydrogens (tertiary/aromatic N) is 3. The Labute approximate surface area is 115 Å². The average Bonchev–Trinajstić information content (AvgIpc) is 2.91. The summed E-state index contributed by atoms with van der Waals surface area (Å²) in [6.07, 6.45) is 6.60. The molecule has 6 heteroatoms. The molecule has 108 valence electrons. The zero-order valence-electron chi connectivity index (χ0n) is 12.3. The summed E-state index contributed by atoms with van der Waals surface area (Å²) in [5, 5.41) is 6.53. The summed E-state index contributed by atoms with van der Waals surface area (Å²) in [6, 6.07) is 0. The largest absolute Gasteiger partial charge is 0.377 e. The highest BCUT2D eigenvalue weighted by Gasteiger charge is 2.16. The van der Waals surface area contributed by atoms with Gasteiger partial charge in [0.05, 0.1) is 11.9 Å². The summed E-state index contributed by atoms with van der Waals surface area (Å²) in [6.45, 7) is 6.60. The molecule has 1 aromatic rings. The van der Waals surface area contributed by atoms with Crippen molar-refractivity contribution in [3.63, 3.8) is 0 Å². The van der Waals surface area contributed by atoms with Crippen LogP contribution in [0.1, 0.15) is 20.3 Å². The Balaban J connectivity index is 2.19. The molecule has 1 aromatic heterocycles. The Morgan fingerprint density at radius 3 is 2.79 bits per heavy atom. The molecule has 0 saturated carbocycles. The topological polar surface area (TPSA) is 63.5 Å². The number of imidazole rings is 1. The van der Waals surface area contributed by atoms with Crippen LogP contribution in [0, 0.1) is 0 Å². The molecular weight excluding hydrogens is 242 g/mol. The molecule has 6 nitrogen and oxygen atoms in total. The predicted octanol–water partition coefficient (Wildman–Crippen LogP) is 0.863. The number of aryl methyl sites for hydroxylation is 1. The molecule has 1 rings (SSSR count). The lowest BCUT2D eigenvalue weighted by molar-refractivity contribution is 0.0268. The van der Waals surface area contributed by atoms with Gasteiger partial charge in [0.2, 0.25) is 0 Å². The van der Waals surface area contributed by atoms with Crippen molar-refractivity contribution >= 4 is 5.96 Å². The van der Waals surface area contributed by atoms with Crippen LogP contribution in [0.15, 0.2) is 23.7 Å². The van der Waals surface area contributed by atoms with Crippen LogP contribution in [0.25, 0.3) is 0 Å². The van der Waals surface area contributed by atoms with Crippen molar-refractivity contribution in [3.05, 3.63) is 18.7 Å². The van der Waals surface area contributed by atoms with Crippen LogP contribution in [0.3, 0.4) is 0 Å². The Kier molecular flexibility index (Phi) is 6.35. The Bertz CT molecular complexity index is 372. The first kappa shape index (κ1) is 15.5. The van der Waals surface area contributed by atoms with Gasteiger partial charge in [-0.3, -0.25) is 4.99 Å². The molecule has 0 unspecified atom stereocenters. The second-order valence-electron chi connectivity index (χ2n) is 4.97. The molecule has 19 heavy (non-hydrogen) atoms. The standard InChI is InChI=1S/C13H25N5O/c1-13(2,19-4)10-17-12(14-3)16-6-5-8-18-9-7-15-11-18/h7,9,11H,5-6,8,10H2,1-4H3,(H2,14,16,17). The summed E-state index contributed by atoms with van der Waals surface area (Å²) < 4.78 is 7.41. The number of guanidine groups is 1. The number of rotatable bonds is 7. The van der Waals surface area contributed by atoms with Gasteiger partial charge >= 0.3 is 0 Å². The van der Waals surface area contributed by atoms with Crippen molar-refractivity contribution in [2.75, 3.05) is 27.2 Å². The van der Waals surface area contributed by atoms with Gasteiger partial charge in [-0.1, -0.05) is 0 Å². The second-order valence-corrected chi connectivity index (χ2v) is 4.97. The number of ether oxygens (including phenoxy) is 1. The molecule has 0 amide bonds. The molecule has 0 bridgehead atoms. The molecule has 0 fully saturated rings. The summed E-state index contributed by atoms with van der Waals surface area (Å²) in [4.78, 5) is 8.19. The summed E-state index contributed by atoms with van der Waals surface area (Å²) in [5.41, 5.74) is -0.200. The first-order chi connectivity index (χ1) is 9.07. The van der Waals surface area contributed by atoms with Gasteiger partial charge in [-0.05, 0) is 20.3 Å². The molecular formula is C13H25N5O. The van der Waals surface area contributed by atoms with Crippen molar-refractivity contribution < 1.29 is 4.74 Å². The van der Waals surface area contributed by atoms with Gasteiger partial charge in [0.25, 0.3) is 0 Å². The maximum atomic E-state index is 5.35. The minimum absolute atomic E-state index is 0.200. The van der Waals surface area contributed by atoms with E-state index < -0.39 is 0 Å². The molecule has 0 aliphatic carbocycles. The van der Waals surface area contributed by atoms with E-state index in [-0.39, 0.29) is 5.60 Å². The molecule has 0 atom stereocenters. The maximum Gasteiger partial charge on any atom is 0.191 e. The van der Waals surface area contributed by atoms with E-state index >= 15 is 0 Å². The highest BCUT2D eigenvalue weighted by atomic mass is 16.5. The van der Waals surface area contributed by atoms with Gasteiger partial charge < -0.3 is 19.9 Å². The normalized spacial score (nSPS) is 12.5. The zero-order valence-corrected chi connectivity index (χ0v) is 12.3. The summed E-state index contributed by atoms with van der Waals surface area (Å²) >= 11 is 0. The SMILES string of the molecule is CN=C(NCCCn1ccnc1)NCC(C)(C)OC. The van der Waals surface area contributed by atoms with E-state index in [1.807, 2.05) is 26.4 Å². The lowest BCUT2D eigenvalue weighted by Gasteiger charge is -2.24. The smallest absolute Gasteiger partial charge is 0.191 e. The minimum atomic E-state index is -0.200. The van der Waals surface area contributed by atoms with Crippen molar-refractivity contribution in [2.24, 2.45) is 4.99 Å². The minimum Gasteiger partial charge on any atom is -0.377 e. The van der Waals surface area contributed by atoms with E-state index in [0.717, 1.165) is 25.5 Å². The Morgan fingerprint density at radius 2 is 2.21 bits per heavy atom. The molecule has 0 saturated heterocycles. The lowest BCUT2D eigenvalue weighted by atomic mass is 10.1. The molecule has 0 radical (unpaired) electrons. The van der Waals surface area contributed by atoms with Gasteiger partial charge in [-0.15, -0.1) is 0 Å². The lowest BCUT2D eigenvalue weighted by Crippen LogP contribution is -2.45. The second kappa shape index (κ2) is 7.78.